The lowest BCUT2D eigenvalue weighted by atomic mass is 10.2. The molecule has 130 valence electrons. The molecule has 1 atom stereocenters. The summed E-state index contributed by atoms with van der Waals surface area (Å²) in [7, 11) is -3.08. The first-order chi connectivity index (χ1) is 11.4. The topological polar surface area (TPSA) is 99.7 Å². The zero-order valence-electron chi connectivity index (χ0n) is 13.2. The molecule has 0 radical (unpaired) electrons. The number of hydrogen-bond donors (Lipinski definition) is 1. The first-order valence-corrected chi connectivity index (χ1v) is 9.73. The number of carbonyl (C=O) groups excluding carboxylic acids is 2. The normalized spacial score (nSPS) is 23.1. The third-order valence-corrected chi connectivity index (χ3v) is 6.07. The van der Waals surface area contributed by atoms with E-state index in [1.165, 1.54) is 4.90 Å². The van der Waals surface area contributed by atoms with Gasteiger partial charge in [-0.05, 0) is 18.6 Å². The summed E-state index contributed by atoms with van der Waals surface area (Å²) in [6.07, 6.45) is 2.09. The Morgan fingerprint density at radius 3 is 2.50 bits per heavy atom. The molecule has 2 aliphatic rings. The highest BCUT2D eigenvalue weighted by atomic mass is 32.2. The molecule has 0 saturated carbocycles. The van der Waals surface area contributed by atoms with E-state index in [1.807, 2.05) is 18.2 Å². The molecular formula is C15H20N4O4S. The number of piperazine rings is 1. The van der Waals surface area contributed by atoms with Crippen LogP contribution in [0.2, 0.25) is 0 Å². The minimum Gasteiger partial charge on any atom is -0.353 e. The van der Waals surface area contributed by atoms with Crippen molar-refractivity contribution < 1.29 is 18.0 Å². The van der Waals surface area contributed by atoms with Gasteiger partial charge in [-0.1, -0.05) is 6.07 Å². The molecule has 3 heterocycles. The molecule has 8 nitrogen and oxygen atoms in total. The molecule has 2 aliphatic heterocycles. The van der Waals surface area contributed by atoms with Crippen molar-refractivity contribution >= 4 is 27.5 Å². The van der Waals surface area contributed by atoms with E-state index in [9.17, 15) is 18.0 Å². The Kier molecular flexibility index (Phi) is 4.70. The molecule has 0 aromatic carbocycles. The fourth-order valence-electron chi connectivity index (χ4n) is 2.98. The Morgan fingerprint density at radius 1 is 1.17 bits per heavy atom. The lowest BCUT2D eigenvalue weighted by molar-refractivity contribution is -0.146. The minimum absolute atomic E-state index is 0.0644. The Morgan fingerprint density at radius 2 is 1.92 bits per heavy atom. The highest BCUT2D eigenvalue weighted by molar-refractivity contribution is 7.91. The molecule has 1 unspecified atom stereocenters. The van der Waals surface area contributed by atoms with Crippen LogP contribution in [0.25, 0.3) is 0 Å². The van der Waals surface area contributed by atoms with E-state index in [2.05, 4.69) is 15.2 Å². The van der Waals surface area contributed by atoms with Crippen molar-refractivity contribution in [2.75, 3.05) is 42.6 Å². The number of anilines is 1. The largest absolute Gasteiger partial charge is 0.353 e. The van der Waals surface area contributed by atoms with Gasteiger partial charge in [0.1, 0.15) is 5.82 Å². The highest BCUT2D eigenvalue weighted by Gasteiger charge is 2.32. The number of carbonyl (C=O) groups is 2. The monoisotopic (exact) mass is 352 g/mol. The average Bonchev–Trinajstić information content (AvgIpc) is 2.93. The van der Waals surface area contributed by atoms with E-state index >= 15 is 0 Å². The highest BCUT2D eigenvalue weighted by Crippen LogP contribution is 2.13. The molecule has 2 saturated heterocycles. The summed E-state index contributed by atoms with van der Waals surface area (Å²) in [6, 6.07) is 5.20. The van der Waals surface area contributed by atoms with Crippen LogP contribution < -0.4 is 10.2 Å². The molecule has 9 heteroatoms. The predicted molar refractivity (Wildman–Crippen MR) is 88.2 cm³/mol. The van der Waals surface area contributed by atoms with Crippen LogP contribution in [0.4, 0.5) is 5.82 Å². The van der Waals surface area contributed by atoms with Gasteiger partial charge in [-0.25, -0.2) is 13.4 Å². The first kappa shape index (κ1) is 16.7. The van der Waals surface area contributed by atoms with Crippen LogP contribution in [0, 0.1) is 0 Å². The van der Waals surface area contributed by atoms with E-state index < -0.39 is 27.7 Å². The lowest BCUT2D eigenvalue weighted by Crippen LogP contribution is -2.54. The van der Waals surface area contributed by atoms with Gasteiger partial charge < -0.3 is 15.1 Å². The number of nitrogens with one attached hydrogen (secondary N) is 1. The Labute approximate surface area is 140 Å². The number of hydrogen-bond acceptors (Lipinski definition) is 6. The van der Waals surface area contributed by atoms with Crippen molar-refractivity contribution in [2.45, 2.75) is 12.5 Å². The van der Waals surface area contributed by atoms with Crippen molar-refractivity contribution in [1.29, 1.82) is 0 Å². The zero-order chi connectivity index (χ0) is 17.2. The fourth-order valence-corrected chi connectivity index (χ4v) is 4.65. The maximum Gasteiger partial charge on any atom is 0.312 e. The van der Waals surface area contributed by atoms with E-state index in [4.69, 9.17) is 0 Å². The van der Waals surface area contributed by atoms with Crippen LogP contribution in [0.15, 0.2) is 24.4 Å². The van der Waals surface area contributed by atoms with Gasteiger partial charge in [0.15, 0.2) is 9.84 Å². The molecule has 3 rings (SSSR count). The molecular weight excluding hydrogens is 332 g/mol. The van der Waals surface area contributed by atoms with E-state index in [-0.39, 0.29) is 11.5 Å². The van der Waals surface area contributed by atoms with Crippen molar-refractivity contribution in [3.8, 4) is 0 Å². The molecule has 0 spiro atoms. The lowest BCUT2D eigenvalue weighted by Gasteiger charge is -2.35. The quantitative estimate of drug-likeness (QED) is 0.688. The standard InChI is InChI=1S/C15H20N4O4S/c20-14(17-12-4-10-24(22,23)11-12)15(21)19-8-6-18(7-9-19)13-3-1-2-5-16-13/h1-3,5,12H,4,6-11H2,(H,17,20). The van der Waals surface area contributed by atoms with Crippen LogP contribution in [0.5, 0.6) is 0 Å². The predicted octanol–water partition coefficient (Wildman–Crippen LogP) is -0.966. The summed E-state index contributed by atoms with van der Waals surface area (Å²) < 4.78 is 22.8. The molecule has 1 aromatic heterocycles. The minimum atomic E-state index is -3.08. The van der Waals surface area contributed by atoms with Crippen molar-refractivity contribution in [1.82, 2.24) is 15.2 Å². The van der Waals surface area contributed by atoms with E-state index in [0.29, 0.717) is 32.6 Å². The molecule has 2 fully saturated rings. The number of amides is 2. The summed E-state index contributed by atoms with van der Waals surface area (Å²) >= 11 is 0. The van der Waals surface area contributed by atoms with Crippen molar-refractivity contribution in [2.24, 2.45) is 0 Å². The molecule has 0 bridgehead atoms. The second-order valence-corrected chi connectivity index (χ2v) is 8.27. The van der Waals surface area contributed by atoms with E-state index in [0.717, 1.165) is 5.82 Å². The third-order valence-electron chi connectivity index (χ3n) is 4.30. The van der Waals surface area contributed by atoms with Crippen LogP contribution in [0.1, 0.15) is 6.42 Å². The van der Waals surface area contributed by atoms with Crippen molar-refractivity contribution in [3.63, 3.8) is 0 Å². The summed E-state index contributed by atoms with van der Waals surface area (Å²) in [4.78, 5) is 32.1. The fraction of sp³-hybridized carbons (Fsp3) is 0.533. The Balaban J connectivity index is 1.51. The average molecular weight is 352 g/mol. The molecule has 2 amide bonds. The second-order valence-electron chi connectivity index (χ2n) is 6.04. The molecule has 0 aliphatic carbocycles. The summed E-state index contributed by atoms with van der Waals surface area (Å²) in [5.41, 5.74) is 0. The van der Waals surface area contributed by atoms with Gasteiger partial charge >= 0.3 is 11.8 Å². The van der Waals surface area contributed by atoms with Gasteiger partial charge in [0, 0.05) is 38.4 Å². The van der Waals surface area contributed by atoms with E-state index in [1.54, 1.807) is 6.20 Å². The smallest absolute Gasteiger partial charge is 0.312 e. The number of rotatable bonds is 2. The zero-order valence-corrected chi connectivity index (χ0v) is 14.0. The third kappa shape index (κ3) is 3.84. The second kappa shape index (κ2) is 6.76. The molecule has 1 aromatic rings. The van der Waals surface area contributed by atoms with Gasteiger partial charge in [0.25, 0.3) is 0 Å². The Hall–Kier alpha value is -2.16. The van der Waals surface area contributed by atoms with Crippen LogP contribution >= 0.6 is 0 Å². The first-order valence-electron chi connectivity index (χ1n) is 7.91. The number of sulfone groups is 1. The van der Waals surface area contributed by atoms with Gasteiger partial charge in [-0.2, -0.15) is 0 Å². The number of aromatic nitrogens is 1. The SMILES string of the molecule is O=C(NC1CCS(=O)(=O)C1)C(=O)N1CCN(c2ccccn2)CC1. The maximum absolute atomic E-state index is 12.2. The maximum atomic E-state index is 12.2. The Bertz CT molecular complexity index is 714. The molecule has 1 N–H and O–H groups in total. The van der Waals surface area contributed by atoms with Crippen LogP contribution in [-0.4, -0.2) is 73.8 Å². The summed E-state index contributed by atoms with van der Waals surface area (Å²) in [5, 5.41) is 2.54. The van der Waals surface area contributed by atoms with Gasteiger partial charge in [-0.15, -0.1) is 0 Å². The molecule has 24 heavy (non-hydrogen) atoms. The number of pyridine rings is 1. The van der Waals surface area contributed by atoms with Gasteiger partial charge in [0.2, 0.25) is 0 Å². The number of nitrogens with zero attached hydrogens (tertiary/aromatic N) is 3. The van der Waals surface area contributed by atoms with Crippen molar-refractivity contribution in [3.05, 3.63) is 24.4 Å². The van der Waals surface area contributed by atoms with Crippen LogP contribution in [-0.2, 0) is 19.4 Å². The van der Waals surface area contributed by atoms with Gasteiger partial charge in [-0.3, -0.25) is 9.59 Å². The van der Waals surface area contributed by atoms with Gasteiger partial charge in [0.05, 0.1) is 11.5 Å². The van der Waals surface area contributed by atoms with Crippen LogP contribution in [0.3, 0.4) is 0 Å². The summed E-state index contributed by atoms with van der Waals surface area (Å²) in [6.45, 7) is 2.08. The summed E-state index contributed by atoms with van der Waals surface area (Å²) in [5.74, 6) is -0.484.